The lowest BCUT2D eigenvalue weighted by atomic mass is 10.1. The van der Waals surface area contributed by atoms with Gasteiger partial charge >= 0.3 is 0 Å². The van der Waals surface area contributed by atoms with Gasteiger partial charge in [-0.25, -0.2) is 0 Å². The summed E-state index contributed by atoms with van der Waals surface area (Å²) in [5, 5.41) is 0. The van der Waals surface area contributed by atoms with Crippen molar-refractivity contribution in [3.63, 3.8) is 0 Å². The van der Waals surface area contributed by atoms with Gasteiger partial charge in [0.1, 0.15) is 0 Å². The molecule has 1 saturated heterocycles. The number of hydrogen-bond acceptors (Lipinski definition) is 3. The van der Waals surface area contributed by atoms with E-state index >= 15 is 0 Å². The maximum Gasteiger partial charge on any atom is 0.151 e. The Bertz CT molecular complexity index is 419. The van der Waals surface area contributed by atoms with Crippen molar-refractivity contribution in [2.45, 2.75) is 18.2 Å². The molecule has 92 valence electrons. The van der Waals surface area contributed by atoms with Crippen molar-refractivity contribution in [1.82, 2.24) is 0 Å². The van der Waals surface area contributed by atoms with E-state index in [0.717, 1.165) is 16.9 Å². The van der Waals surface area contributed by atoms with Crippen LogP contribution < -0.4 is 0 Å². The van der Waals surface area contributed by atoms with E-state index in [1.54, 1.807) is 0 Å². The number of rotatable bonds is 4. The van der Waals surface area contributed by atoms with E-state index in [9.17, 15) is 9.00 Å². The summed E-state index contributed by atoms with van der Waals surface area (Å²) >= 11 is 0. The minimum absolute atomic E-state index is 0.0515. The van der Waals surface area contributed by atoms with Gasteiger partial charge in [0, 0.05) is 17.4 Å². The predicted octanol–water partition coefficient (Wildman–Crippen LogP) is 1.71. The summed E-state index contributed by atoms with van der Waals surface area (Å²) in [6.07, 6.45) is 0.768. The maximum atomic E-state index is 12.0. The SMILES string of the molecule is Cc1ccc(S(=O)CC(=O)C2CCOC2)cc1. The molecule has 0 N–H and O–H groups in total. The molecule has 2 unspecified atom stereocenters. The highest BCUT2D eigenvalue weighted by Gasteiger charge is 2.24. The van der Waals surface area contributed by atoms with Gasteiger partial charge in [0.05, 0.1) is 23.2 Å². The molecule has 3 nitrogen and oxygen atoms in total. The lowest BCUT2D eigenvalue weighted by molar-refractivity contribution is -0.120. The first-order valence-corrected chi connectivity index (χ1v) is 7.04. The van der Waals surface area contributed by atoms with E-state index in [4.69, 9.17) is 4.74 Å². The van der Waals surface area contributed by atoms with Crippen LogP contribution in [-0.2, 0) is 20.3 Å². The molecule has 0 amide bonds. The number of hydrogen-bond donors (Lipinski definition) is 0. The molecule has 1 heterocycles. The molecule has 1 aliphatic rings. The second-order valence-corrected chi connectivity index (χ2v) is 5.78. The standard InChI is InChI=1S/C13H16O3S/c1-10-2-4-12(5-3-10)17(15)9-13(14)11-6-7-16-8-11/h2-5,11H,6-9H2,1H3. The van der Waals surface area contributed by atoms with Gasteiger partial charge in [-0.3, -0.25) is 9.00 Å². The third-order valence-electron chi connectivity index (χ3n) is 2.94. The molecule has 1 fully saturated rings. The molecule has 0 spiro atoms. The van der Waals surface area contributed by atoms with Crippen LogP contribution in [-0.4, -0.2) is 29.0 Å². The highest BCUT2D eigenvalue weighted by atomic mass is 32.2. The Kier molecular flexibility index (Phi) is 4.07. The summed E-state index contributed by atoms with van der Waals surface area (Å²) in [4.78, 5) is 12.5. The number of ether oxygens (including phenoxy) is 1. The van der Waals surface area contributed by atoms with Gasteiger partial charge in [-0.1, -0.05) is 17.7 Å². The molecule has 0 bridgehead atoms. The number of Topliss-reactive ketones (excluding diaryl/α,β-unsaturated/α-hetero) is 1. The second-order valence-electron chi connectivity index (χ2n) is 4.33. The molecule has 2 atom stereocenters. The van der Waals surface area contributed by atoms with E-state index in [-0.39, 0.29) is 17.5 Å². The van der Waals surface area contributed by atoms with Crippen molar-refractivity contribution in [3.8, 4) is 0 Å². The first kappa shape index (κ1) is 12.5. The topological polar surface area (TPSA) is 43.4 Å². The van der Waals surface area contributed by atoms with Crippen LogP contribution in [0.15, 0.2) is 29.2 Å². The predicted molar refractivity (Wildman–Crippen MR) is 66.4 cm³/mol. The van der Waals surface area contributed by atoms with Gasteiger partial charge in [0.25, 0.3) is 0 Å². The van der Waals surface area contributed by atoms with E-state index in [0.29, 0.717) is 13.2 Å². The summed E-state index contributed by atoms with van der Waals surface area (Å²) in [7, 11) is -1.22. The Morgan fingerprint density at radius 3 is 2.71 bits per heavy atom. The number of carbonyl (C=O) groups is 1. The van der Waals surface area contributed by atoms with Crippen LogP contribution in [0.3, 0.4) is 0 Å². The molecule has 17 heavy (non-hydrogen) atoms. The first-order valence-electron chi connectivity index (χ1n) is 5.72. The highest BCUT2D eigenvalue weighted by Crippen LogP contribution is 2.16. The third kappa shape index (κ3) is 3.23. The Labute approximate surface area is 104 Å². The van der Waals surface area contributed by atoms with Crippen molar-refractivity contribution in [3.05, 3.63) is 29.8 Å². The summed E-state index contributed by atoms with van der Waals surface area (Å²) in [6.45, 7) is 3.12. The molecule has 0 saturated carbocycles. The summed E-state index contributed by atoms with van der Waals surface area (Å²) in [5.41, 5.74) is 1.13. The summed E-state index contributed by atoms with van der Waals surface area (Å²) in [6, 6.07) is 7.47. The Morgan fingerprint density at radius 2 is 2.12 bits per heavy atom. The molecular formula is C13H16O3S. The number of benzene rings is 1. The molecule has 1 aliphatic heterocycles. The molecule has 0 aliphatic carbocycles. The van der Waals surface area contributed by atoms with Crippen molar-refractivity contribution in [2.24, 2.45) is 5.92 Å². The average Bonchev–Trinajstić information content (AvgIpc) is 2.83. The Hall–Kier alpha value is -1.00. The highest BCUT2D eigenvalue weighted by molar-refractivity contribution is 7.85. The monoisotopic (exact) mass is 252 g/mol. The van der Waals surface area contributed by atoms with Crippen LogP contribution >= 0.6 is 0 Å². The minimum atomic E-state index is -1.22. The fourth-order valence-corrected chi connectivity index (χ4v) is 2.91. The van der Waals surface area contributed by atoms with Crippen molar-refractivity contribution >= 4 is 16.6 Å². The van der Waals surface area contributed by atoms with Gasteiger partial charge in [-0.15, -0.1) is 0 Å². The molecule has 2 rings (SSSR count). The largest absolute Gasteiger partial charge is 0.381 e. The fraction of sp³-hybridized carbons (Fsp3) is 0.462. The number of ketones is 1. The van der Waals surface area contributed by atoms with Gasteiger partial charge in [-0.2, -0.15) is 0 Å². The van der Waals surface area contributed by atoms with E-state index < -0.39 is 10.8 Å². The molecule has 1 aromatic carbocycles. The quantitative estimate of drug-likeness (QED) is 0.819. The summed E-state index contributed by atoms with van der Waals surface area (Å²) in [5.74, 6) is 0.114. The Balaban J connectivity index is 1.96. The van der Waals surface area contributed by atoms with Crippen LogP contribution in [0.4, 0.5) is 0 Å². The summed E-state index contributed by atoms with van der Waals surface area (Å²) < 4.78 is 17.1. The van der Waals surface area contributed by atoms with Gasteiger partial charge in [0.15, 0.2) is 5.78 Å². The molecule has 0 aromatic heterocycles. The zero-order valence-electron chi connectivity index (χ0n) is 9.85. The zero-order chi connectivity index (χ0) is 12.3. The van der Waals surface area contributed by atoms with Crippen LogP contribution in [0.1, 0.15) is 12.0 Å². The van der Waals surface area contributed by atoms with Crippen LogP contribution in [0, 0.1) is 12.8 Å². The van der Waals surface area contributed by atoms with Gasteiger partial charge in [-0.05, 0) is 25.5 Å². The van der Waals surface area contributed by atoms with E-state index in [1.165, 1.54) is 0 Å². The minimum Gasteiger partial charge on any atom is -0.381 e. The molecular weight excluding hydrogens is 236 g/mol. The average molecular weight is 252 g/mol. The number of carbonyl (C=O) groups excluding carboxylic acids is 1. The lowest BCUT2D eigenvalue weighted by Gasteiger charge is -2.06. The maximum absolute atomic E-state index is 12.0. The van der Waals surface area contributed by atoms with Gasteiger partial charge < -0.3 is 4.74 Å². The van der Waals surface area contributed by atoms with Crippen LogP contribution in [0.25, 0.3) is 0 Å². The van der Waals surface area contributed by atoms with Crippen molar-refractivity contribution < 1.29 is 13.7 Å². The van der Waals surface area contributed by atoms with Crippen LogP contribution in [0.2, 0.25) is 0 Å². The fourth-order valence-electron chi connectivity index (χ4n) is 1.81. The normalized spacial score (nSPS) is 21.4. The second kappa shape index (κ2) is 5.56. The van der Waals surface area contributed by atoms with Gasteiger partial charge in [0.2, 0.25) is 0 Å². The first-order chi connectivity index (χ1) is 8.16. The third-order valence-corrected chi connectivity index (χ3v) is 4.29. The smallest absolute Gasteiger partial charge is 0.151 e. The Morgan fingerprint density at radius 1 is 1.41 bits per heavy atom. The zero-order valence-corrected chi connectivity index (χ0v) is 10.7. The molecule has 1 aromatic rings. The van der Waals surface area contributed by atoms with E-state index in [1.807, 2.05) is 31.2 Å². The van der Waals surface area contributed by atoms with Crippen molar-refractivity contribution in [1.29, 1.82) is 0 Å². The van der Waals surface area contributed by atoms with Crippen LogP contribution in [0.5, 0.6) is 0 Å². The molecule has 4 heteroatoms. The molecule has 0 radical (unpaired) electrons. The van der Waals surface area contributed by atoms with Crippen molar-refractivity contribution in [2.75, 3.05) is 19.0 Å². The van der Waals surface area contributed by atoms with E-state index in [2.05, 4.69) is 0 Å². The lowest BCUT2D eigenvalue weighted by Crippen LogP contribution is -2.21. The number of aryl methyl sites for hydroxylation is 1.